The molecule has 3 heterocycles. The second-order valence-electron chi connectivity index (χ2n) is 6.94. The predicted molar refractivity (Wildman–Crippen MR) is 114 cm³/mol. The molecule has 0 saturated heterocycles. The summed E-state index contributed by atoms with van der Waals surface area (Å²) >= 11 is 6.18. The van der Waals surface area contributed by atoms with Gasteiger partial charge in [0.25, 0.3) is 0 Å². The molecule has 0 spiro atoms. The van der Waals surface area contributed by atoms with E-state index in [1.165, 1.54) is 29.2 Å². The van der Waals surface area contributed by atoms with Crippen LogP contribution in [-0.4, -0.2) is 48.7 Å². The lowest BCUT2D eigenvalue weighted by Crippen LogP contribution is -2.35. The van der Waals surface area contributed by atoms with Crippen LogP contribution in [0.2, 0.25) is 5.02 Å². The minimum absolute atomic E-state index is 0.0135. The van der Waals surface area contributed by atoms with Crippen LogP contribution in [0.25, 0.3) is 16.6 Å². The number of aliphatic hydroxyl groups excluding tert-OH is 1. The molecule has 4 aromatic rings. The molecule has 0 fully saturated rings. The predicted octanol–water partition coefficient (Wildman–Crippen LogP) is 3.95. The van der Waals surface area contributed by atoms with Gasteiger partial charge in [0, 0.05) is 23.7 Å². The smallest absolute Gasteiger partial charge is 0.382 e. The molecule has 174 valence electrons. The van der Waals surface area contributed by atoms with Gasteiger partial charge in [0.1, 0.15) is 29.5 Å². The summed E-state index contributed by atoms with van der Waals surface area (Å²) in [7, 11) is 0. The number of anilines is 3. The number of halogens is 5. The average molecular weight is 493 g/mol. The zero-order valence-corrected chi connectivity index (χ0v) is 17.6. The van der Waals surface area contributed by atoms with Crippen molar-refractivity contribution in [1.29, 1.82) is 5.26 Å². The van der Waals surface area contributed by atoms with E-state index in [9.17, 15) is 17.6 Å². The molecule has 34 heavy (non-hydrogen) atoms. The fraction of sp³-hybridized carbons (Fsp3) is 0.150. The van der Waals surface area contributed by atoms with E-state index in [2.05, 4.69) is 30.7 Å². The normalized spacial score (nSPS) is 12.4. The van der Waals surface area contributed by atoms with Crippen LogP contribution in [0.5, 0.6) is 0 Å². The summed E-state index contributed by atoms with van der Waals surface area (Å²) in [5, 5.41) is 28.0. The molecule has 0 bridgehead atoms. The third-order valence-corrected chi connectivity index (χ3v) is 4.88. The first kappa shape index (κ1) is 23.1. The summed E-state index contributed by atoms with van der Waals surface area (Å²) in [5.41, 5.74) is 0.441. The number of aromatic nitrogens is 5. The van der Waals surface area contributed by atoms with E-state index in [0.717, 1.165) is 12.4 Å². The van der Waals surface area contributed by atoms with Gasteiger partial charge in [0.15, 0.2) is 11.9 Å². The van der Waals surface area contributed by atoms with Crippen molar-refractivity contribution in [2.75, 3.05) is 17.2 Å². The van der Waals surface area contributed by atoms with E-state index >= 15 is 0 Å². The summed E-state index contributed by atoms with van der Waals surface area (Å²) in [4.78, 5) is 12.0. The zero-order chi connectivity index (χ0) is 24.5. The van der Waals surface area contributed by atoms with Gasteiger partial charge < -0.3 is 15.7 Å². The zero-order valence-electron chi connectivity index (χ0n) is 16.8. The Hall–Kier alpha value is -4.02. The summed E-state index contributed by atoms with van der Waals surface area (Å²) in [6.07, 6.45) is -3.28. The minimum Gasteiger partial charge on any atom is -0.382 e. The Morgan fingerprint density at radius 3 is 2.53 bits per heavy atom. The summed E-state index contributed by atoms with van der Waals surface area (Å²) in [6, 6.07) is 7.04. The molecule has 1 aromatic carbocycles. The van der Waals surface area contributed by atoms with Crippen LogP contribution in [-0.2, 0) is 0 Å². The molecule has 14 heteroatoms. The van der Waals surface area contributed by atoms with Crippen LogP contribution in [0.3, 0.4) is 0 Å². The van der Waals surface area contributed by atoms with E-state index in [1.807, 2.05) is 6.07 Å². The van der Waals surface area contributed by atoms with Gasteiger partial charge in [-0.25, -0.2) is 24.0 Å². The molecule has 0 saturated carbocycles. The largest absolute Gasteiger partial charge is 0.416 e. The van der Waals surface area contributed by atoms with Crippen molar-refractivity contribution in [3.8, 4) is 11.8 Å². The lowest BCUT2D eigenvalue weighted by Gasteiger charge is -2.15. The highest BCUT2D eigenvalue weighted by Crippen LogP contribution is 2.29. The number of nitrogens with zero attached hydrogens (tertiary/aromatic N) is 6. The van der Waals surface area contributed by atoms with Crippen LogP contribution in [0.1, 0.15) is 5.56 Å². The maximum Gasteiger partial charge on any atom is 0.416 e. The number of aliphatic hydroxyl groups is 1. The maximum absolute atomic E-state index is 14.6. The number of nitrogens with one attached hydrogen (secondary N) is 2. The van der Waals surface area contributed by atoms with Crippen molar-refractivity contribution in [1.82, 2.24) is 24.7 Å². The number of hydrogen-bond donors (Lipinski definition) is 3. The van der Waals surface area contributed by atoms with Crippen molar-refractivity contribution in [2.45, 2.75) is 12.3 Å². The van der Waals surface area contributed by atoms with Gasteiger partial charge in [-0.15, -0.1) is 0 Å². The molecule has 3 N–H and O–H groups in total. The molecule has 0 aliphatic carbocycles. The first-order chi connectivity index (χ1) is 16.2. The van der Waals surface area contributed by atoms with Gasteiger partial charge >= 0.3 is 6.18 Å². The van der Waals surface area contributed by atoms with Gasteiger partial charge in [0.05, 0.1) is 34.9 Å². The first-order valence-electron chi connectivity index (χ1n) is 9.46. The van der Waals surface area contributed by atoms with Gasteiger partial charge in [-0.2, -0.15) is 23.5 Å². The van der Waals surface area contributed by atoms with Crippen molar-refractivity contribution in [3.63, 3.8) is 0 Å². The third-order valence-electron chi connectivity index (χ3n) is 4.59. The summed E-state index contributed by atoms with van der Waals surface area (Å²) in [6.45, 7) is -0.791. The third kappa shape index (κ3) is 4.82. The number of hydrogen-bond acceptors (Lipinski definition) is 8. The molecule has 0 aliphatic heterocycles. The Kier molecular flexibility index (Phi) is 6.18. The van der Waals surface area contributed by atoms with Crippen LogP contribution in [0.4, 0.5) is 35.0 Å². The summed E-state index contributed by atoms with van der Waals surface area (Å²) < 4.78 is 53.3. The molecule has 0 amide bonds. The highest BCUT2D eigenvalue weighted by atomic mass is 35.5. The second-order valence-corrected chi connectivity index (χ2v) is 7.34. The van der Waals surface area contributed by atoms with Crippen molar-refractivity contribution in [2.24, 2.45) is 0 Å². The molecular formula is C20H13ClF4N8O. The van der Waals surface area contributed by atoms with Gasteiger partial charge in [0.2, 0.25) is 0 Å². The highest BCUT2D eigenvalue weighted by molar-refractivity contribution is 6.32. The molecule has 1 atom stereocenters. The Labute approximate surface area is 193 Å². The molecular weight excluding hydrogens is 480 g/mol. The van der Waals surface area contributed by atoms with Crippen LogP contribution in [0.15, 0.2) is 43.0 Å². The van der Waals surface area contributed by atoms with E-state index in [4.69, 9.17) is 22.0 Å². The topological polar surface area (TPSA) is 125 Å². The van der Waals surface area contributed by atoms with E-state index in [1.54, 1.807) is 6.07 Å². The van der Waals surface area contributed by atoms with E-state index in [-0.39, 0.29) is 33.7 Å². The van der Waals surface area contributed by atoms with Gasteiger partial charge in [-0.05, 0) is 12.1 Å². The maximum atomic E-state index is 14.6. The Bertz CT molecular complexity index is 1380. The molecule has 4 rings (SSSR count). The fourth-order valence-electron chi connectivity index (χ4n) is 2.97. The number of nitriles is 1. The van der Waals surface area contributed by atoms with E-state index in [0.29, 0.717) is 10.9 Å². The highest BCUT2D eigenvalue weighted by Gasteiger charge is 2.37. The quantitative estimate of drug-likeness (QED) is 0.346. The number of pyridine rings is 1. The van der Waals surface area contributed by atoms with Crippen LogP contribution >= 0.6 is 11.6 Å². The van der Waals surface area contributed by atoms with Crippen molar-refractivity contribution in [3.05, 3.63) is 59.4 Å². The summed E-state index contributed by atoms with van der Waals surface area (Å²) in [5.74, 6) is -0.245. The fourth-order valence-corrected chi connectivity index (χ4v) is 3.26. The standard InChI is InChI=1S/C20H13ClF4N8O/c21-12-1-10(5-26)2-13(22)19(12)33-14-3-17(27-6-11(14)7-31-33)32-18-4-16(29-9-30-18)28-8-15(34)20(23,24)25/h1-4,6-7,9,15,34H,8H2,(H2,27,28,29,30,32)/t15-/m1/s1. The molecule has 0 unspecified atom stereocenters. The lowest BCUT2D eigenvalue weighted by molar-refractivity contribution is -0.198. The number of rotatable bonds is 6. The van der Waals surface area contributed by atoms with E-state index < -0.39 is 24.6 Å². The molecule has 9 nitrogen and oxygen atoms in total. The Morgan fingerprint density at radius 1 is 1.09 bits per heavy atom. The molecule has 0 radical (unpaired) electrons. The first-order valence-corrected chi connectivity index (χ1v) is 9.84. The number of benzene rings is 1. The molecule has 3 aromatic heterocycles. The van der Waals surface area contributed by atoms with Crippen molar-refractivity contribution >= 4 is 40.0 Å². The van der Waals surface area contributed by atoms with Crippen LogP contribution < -0.4 is 10.6 Å². The SMILES string of the molecule is N#Cc1cc(F)c(-n2ncc3cnc(Nc4cc(NC[C@@H](O)C(F)(F)F)ncn4)cc32)c(Cl)c1. The average Bonchev–Trinajstić information content (AvgIpc) is 3.19. The number of fused-ring (bicyclic) bond motifs is 1. The van der Waals surface area contributed by atoms with Gasteiger partial charge in [-0.1, -0.05) is 11.6 Å². The lowest BCUT2D eigenvalue weighted by atomic mass is 10.2. The van der Waals surface area contributed by atoms with Crippen LogP contribution in [0, 0.1) is 17.1 Å². The second kappa shape index (κ2) is 9.08. The monoisotopic (exact) mass is 492 g/mol. The number of alkyl halides is 3. The Balaban J connectivity index is 1.60. The van der Waals surface area contributed by atoms with Crippen molar-refractivity contribution < 1.29 is 22.7 Å². The Morgan fingerprint density at radius 2 is 1.82 bits per heavy atom. The minimum atomic E-state index is -4.76. The molecule has 0 aliphatic rings. The van der Waals surface area contributed by atoms with Gasteiger partial charge in [-0.3, -0.25) is 0 Å².